The first-order valence-corrected chi connectivity index (χ1v) is 9.68. The van der Waals surface area contributed by atoms with Crippen LogP contribution in [0.3, 0.4) is 0 Å². The highest BCUT2D eigenvalue weighted by molar-refractivity contribution is 6.06. The molecular formula is C21H23F7N3O3+. The van der Waals surface area contributed by atoms with Gasteiger partial charge in [0.15, 0.2) is 5.69 Å². The molecule has 188 valence electrons. The zero-order valence-electron chi connectivity index (χ0n) is 18.5. The highest BCUT2D eigenvalue weighted by Crippen LogP contribution is 2.52. The molecule has 0 aromatic heterocycles. The molecule has 0 fully saturated rings. The maximum atomic E-state index is 14.1. The molecule has 34 heavy (non-hydrogen) atoms. The summed E-state index contributed by atoms with van der Waals surface area (Å²) in [6, 6.07) is 5.97. The molecule has 0 spiro atoms. The van der Waals surface area contributed by atoms with Crippen molar-refractivity contribution in [1.29, 1.82) is 0 Å². The number of anilines is 1. The van der Waals surface area contributed by atoms with E-state index in [0.717, 1.165) is 0 Å². The SMILES string of the molecule is CC.CO[NH2+]c1ccc(C)c(C(=O)Nc2ccc(C(F)(F)C(F)(F)C(F)(F)F)c(C(N)=O)c2)c1. The number of aryl methyl sites for hydroxylation is 1. The fourth-order valence-corrected chi connectivity index (χ4v) is 2.74. The third-order valence-electron chi connectivity index (χ3n) is 4.39. The van der Waals surface area contributed by atoms with Gasteiger partial charge in [-0.15, -0.1) is 0 Å². The fraction of sp³-hybridized carbons (Fsp3) is 0.333. The van der Waals surface area contributed by atoms with E-state index in [2.05, 4.69) is 5.32 Å². The van der Waals surface area contributed by atoms with E-state index in [1.807, 2.05) is 13.8 Å². The van der Waals surface area contributed by atoms with E-state index in [0.29, 0.717) is 23.4 Å². The molecule has 2 amide bonds. The van der Waals surface area contributed by atoms with Crippen LogP contribution in [0.4, 0.5) is 42.1 Å². The molecule has 0 unspecified atom stereocenters. The van der Waals surface area contributed by atoms with Crippen molar-refractivity contribution in [1.82, 2.24) is 0 Å². The van der Waals surface area contributed by atoms with Gasteiger partial charge in [0, 0.05) is 28.9 Å². The number of hydrogen-bond donors (Lipinski definition) is 3. The van der Waals surface area contributed by atoms with Gasteiger partial charge in [-0.05, 0) is 30.7 Å². The van der Waals surface area contributed by atoms with Crippen LogP contribution in [-0.2, 0) is 10.8 Å². The molecule has 0 heterocycles. The topological polar surface area (TPSA) is 98.0 Å². The van der Waals surface area contributed by atoms with Gasteiger partial charge in [0.1, 0.15) is 0 Å². The summed E-state index contributed by atoms with van der Waals surface area (Å²) in [6.07, 6.45) is -6.60. The Hall–Kier alpha value is -3.19. The molecule has 2 aromatic rings. The van der Waals surface area contributed by atoms with Crippen molar-refractivity contribution in [2.45, 2.75) is 38.8 Å². The van der Waals surface area contributed by atoms with Gasteiger partial charge in [0.25, 0.3) is 5.91 Å². The van der Waals surface area contributed by atoms with E-state index >= 15 is 0 Å². The number of primary amides is 1. The van der Waals surface area contributed by atoms with Crippen molar-refractivity contribution in [2.24, 2.45) is 5.73 Å². The second kappa shape index (κ2) is 10.8. The standard InChI is InChI=1S/C19H16F7N3O3.C2H6/c1-9-3-4-11(29-32-2)8-12(9)16(31)28-10-5-6-14(13(7-10)15(27)30)17(20,21)18(22,23)19(24,25)26;1-2/h3-8,29H,1-2H3,(H2,27,30)(H,28,31);1-2H3/p+1. The first-order valence-electron chi connectivity index (χ1n) is 9.68. The molecule has 0 aliphatic carbocycles. The largest absolute Gasteiger partial charge is 0.460 e. The lowest BCUT2D eigenvalue weighted by molar-refractivity contribution is -0.830. The third-order valence-corrected chi connectivity index (χ3v) is 4.39. The second-order valence-corrected chi connectivity index (χ2v) is 6.65. The predicted octanol–water partition coefficient (Wildman–Crippen LogP) is 4.42. The molecule has 5 N–H and O–H groups in total. The van der Waals surface area contributed by atoms with Crippen LogP contribution in [0.5, 0.6) is 0 Å². The summed E-state index contributed by atoms with van der Waals surface area (Å²) in [4.78, 5) is 28.9. The predicted molar refractivity (Wildman–Crippen MR) is 109 cm³/mol. The summed E-state index contributed by atoms with van der Waals surface area (Å²) < 4.78 is 92.5. The van der Waals surface area contributed by atoms with E-state index in [1.54, 1.807) is 19.1 Å². The molecule has 2 rings (SSSR count). The van der Waals surface area contributed by atoms with Gasteiger partial charge >= 0.3 is 18.0 Å². The van der Waals surface area contributed by atoms with E-state index in [1.165, 1.54) is 18.7 Å². The minimum absolute atomic E-state index is 0.120. The molecular weight excluding hydrogens is 475 g/mol. The van der Waals surface area contributed by atoms with Gasteiger partial charge in [-0.3, -0.25) is 9.59 Å². The van der Waals surface area contributed by atoms with E-state index < -0.39 is 41.0 Å². The lowest BCUT2D eigenvalue weighted by Gasteiger charge is -2.29. The van der Waals surface area contributed by atoms with E-state index in [-0.39, 0.29) is 17.3 Å². The van der Waals surface area contributed by atoms with E-state index in [4.69, 9.17) is 10.6 Å². The molecule has 0 aliphatic rings. The van der Waals surface area contributed by atoms with Crippen molar-refractivity contribution in [2.75, 3.05) is 12.4 Å². The van der Waals surface area contributed by atoms with Crippen molar-refractivity contribution in [3.05, 3.63) is 58.7 Å². The summed E-state index contributed by atoms with van der Waals surface area (Å²) in [5.74, 6) is -14.8. The molecule has 0 bridgehead atoms. The van der Waals surface area contributed by atoms with Crippen molar-refractivity contribution in [3.63, 3.8) is 0 Å². The summed E-state index contributed by atoms with van der Waals surface area (Å²) in [6.45, 7) is 5.59. The summed E-state index contributed by atoms with van der Waals surface area (Å²) in [7, 11) is 1.38. The number of halogens is 7. The Morgan fingerprint density at radius 2 is 1.53 bits per heavy atom. The van der Waals surface area contributed by atoms with Gasteiger partial charge in [0.05, 0.1) is 12.7 Å². The van der Waals surface area contributed by atoms with Crippen LogP contribution in [-0.4, -0.2) is 31.0 Å². The van der Waals surface area contributed by atoms with Crippen LogP contribution in [0.25, 0.3) is 0 Å². The lowest BCUT2D eigenvalue weighted by Crippen LogP contribution is -2.76. The number of carbonyl (C=O) groups excluding carboxylic acids is 2. The number of quaternary nitrogens is 1. The molecule has 13 heteroatoms. The average molecular weight is 498 g/mol. The van der Waals surface area contributed by atoms with Gasteiger partial charge in [-0.25, -0.2) is 4.84 Å². The zero-order valence-corrected chi connectivity index (χ0v) is 18.5. The molecule has 6 nitrogen and oxygen atoms in total. The Morgan fingerprint density at radius 3 is 2.03 bits per heavy atom. The number of rotatable bonds is 7. The highest BCUT2D eigenvalue weighted by Gasteiger charge is 2.74. The summed E-state index contributed by atoms with van der Waals surface area (Å²) in [5.41, 5.74) is 3.80. The summed E-state index contributed by atoms with van der Waals surface area (Å²) >= 11 is 0. The zero-order chi connectivity index (χ0) is 26.5. The molecule has 2 aromatic carbocycles. The molecule has 0 saturated heterocycles. The normalized spacial score (nSPS) is 12.0. The maximum Gasteiger partial charge on any atom is 0.460 e. The number of nitrogens with one attached hydrogen (secondary N) is 1. The minimum atomic E-state index is -6.60. The number of hydrogen-bond acceptors (Lipinski definition) is 3. The van der Waals surface area contributed by atoms with Crippen molar-refractivity contribution < 1.29 is 50.6 Å². The minimum Gasteiger partial charge on any atom is -0.366 e. The number of alkyl halides is 7. The molecule has 0 aliphatic heterocycles. The Labute approximate surface area is 190 Å². The monoisotopic (exact) mass is 498 g/mol. The third kappa shape index (κ3) is 5.83. The average Bonchev–Trinajstić information content (AvgIpc) is 2.75. The smallest absolute Gasteiger partial charge is 0.366 e. The van der Waals surface area contributed by atoms with Crippen LogP contribution in [0.1, 0.15) is 45.7 Å². The number of carbonyl (C=O) groups is 2. The van der Waals surface area contributed by atoms with Crippen LogP contribution >= 0.6 is 0 Å². The van der Waals surface area contributed by atoms with Gasteiger partial charge in [0.2, 0.25) is 5.91 Å². The number of benzene rings is 2. The fourth-order valence-electron chi connectivity index (χ4n) is 2.74. The first-order chi connectivity index (χ1) is 15.6. The first kappa shape index (κ1) is 28.8. The molecule has 0 atom stereocenters. The van der Waals surface area contributed by atoms with Crippen LogP contribution < -0.4 is 16.5 Å². The van der Waals surface area contributed by atoms with Gasteiger partial charge < -0.3 is 11.1 Å². The molecule has 0 saturated carbocycles. The lowest BCUT2D eigenvalue weighted by atomic mass is 9.95. The Balaban J connectivity index is 0.00000281. The number of amides is 2. The van der Waals surface area contributed by atoms with Gasteiger partial charge in [-0.1, -0.05) is 19.9 Å². The van der Waals surface area contributed by atoms with Crippen molar-refractivity contribution in [3.8, 4) is 0 Å². The Bertz CT molecular complexity index is 1040. The van der Waals surface area contributed by atoms with Crippen LogP contribution in [0, 0.1) is 6.92 Å². The van der Waals surface area contributed by atoms with Gasteiger partial charge in [-0.2, -0.15) is 36.2 Å². The number of nitrogens with two attached hydrogens (primary N) is 2. The Kier molecular flexibility index (Phi) is 9.18. The second-order valence-electron chi connectivity index (χ2n) is 6.65. The van der Waals surface area contributed by atoms with Crippen LogP contribution in [0.2, 0.25) is 0 Å². The summed E-state index contributed by atoms with van der Waals surface area (Å²) in [5, 5.41) is 2.26. The maximum absolute atomic E-state index is 14.1. The van der Waals surface area contributed by atoms with E-state index in [9.17, 15) is 40.3 Å². The Morgan fingerprint density at radius 1 is 0.941 bits per heavy atom. The molecule has 0 radical (unpaired) electrons. The van der Waals surface area contributed by atoms with Crippen LogP contribution in [0.15, 0.2) is 36.4 Å². The quantitative estimate of drug-likeness (QED) is 0.300. The van der Waals surface area contributed by atoms with Crippen molar-refractivity contribution >= 4 is 23.2 Å². The highest BCUT2D eigenvalue weighted by atomic mass is 19.4.